The van der Waals surface area contributed by atoms with Crippen molar-refractivity contribution in [3.63, 3.8) is 0 Å². The average Bonchev–Trinajstić information content (AvgIpc) is 3.66. The van der Waals surface area contributed by atoms with E-state index in [1.807, 2.05) is 45.0 Å². The number of nitrogens with zero attached hydrogens (tertiary/aromatic N) is 4. The Morgan fingerprint density at radius 3 is 2.16 bits per heavy atom. The van der Waals surface area contributed by atoms with Crippen LogP contribution < -0.4 is 16.8 Å². The van der Waals surface area contributed by atoms with Crippen LogP contribution in [0.15, 0.2) is 40.8 Å². The minimum Gasteiger partial charge on any atom is -0.424 e. The molecule has 1 saturated heterocycles. The first-order valence-electron chi connectivity index (χ1n) is 14.7. The summed E-state index contributed by atoms with van der Waals surface area (Å²) in [6, 6.07) is 12.4. The fourth-order valence-corrected chi connectivity index (χ4v) is 6.43. The number of nitriles is 1. The first-order valence-corrected chi connectivity index (χ1v) is 14.7. The molecule has 0 radical (unpaired) electrons. The van der Waals surface area contributed by atoms with Gasteiger partial charge in [0.2, 0.25) is 29.5 Å². The molecule has 11 heteroatoms. The van der Waals surface area contributed by atoms with Crippen molar-refractivity contribution in [3.8, 4) is 6.07 Å². The number of hydrogen-bond acceptors (Lipinski definition) is 8. The first kappa shape index (κ1) is 29.9. The molecule has 0 bridgehead atoms. The van der Waals surface area contributed by atoms with Gasteiger partial charge in [0.1, 0.15) is 11.5 Å². The molecule has 5 N–H and O–H groups in total. The molecular weight excluding hydrogens is 546 g/mol. The van der Waals surface area contributed by atoms with Crippen LogP contribution in [-0.2, 0) is 23.1 Å². The zero-order valence-electron chi connectivity index (χ0n) is 24.7. The highest BCUT2D eigenvalue weighted by molar-refractivity contribution is 5.94. The van der Waals surface area contributed by atoms with Crippen molar-refractivity contribution in [1.82, 2.24) is 20.4 Å². The number of hydrogen-bond donors (Lipinski definition) is 3. The number of likely N-dealkylation sites (tertiary alicyclic amines) is 1. The third-order valence-electron chi connectivity index (χ3n) is 8.60. The Morgan fingerprint density at radius 1 is 1.05 bits per heavy atom. The molecule has 2 atom stereocenters. The molecule has 0 saturated carbocycles. The first-order chi connectivity index (χ1) is 20.5. The van der Waals surface area contributed by atoms with Gasteiger partial charge in [-0.25, -0.2) is 0 Å². The number of fused-ring (bicyclic) bond motifs is 2. The van der Waals surface area contributed by atoms with Gasteiger partial charge in [-0.1, -0.05) is 26.0 Å². The van der Waals surface area contributed by atoms with Crippen LogP contribution in [-0.4, -0.2) is 58.0 Å². The van der Waals surface area contributed by atoms with Crippen LogP contribution in [0.3, 0.4) is 0 Å². The van der Waals surface area contributed by atoms with E-state index < -0.39 is 23.3 Å². The highest BCUT2D eigenvalue weighted by Crippen LogP contribution is 2.48. The van der Waals surface area contributed by atoms with Gasteiger partial charge in [0, 0.05) is 29.6 Å². The molecule has 2 heterocycles. The summed E-state index contributed by atoms with van der Waals surface area (Å²) in [6.45, 7) is 6.57. The van der Waals surface area contributed by atoms with Crippen LogP contribution in [0.1, 0.15) is 101 Å². The van der Waals surface area contributed by atoms with Crippen molar-refractivity contribution >= 4 is 17.7 Å². The molecule has 1 aromatic heterocycles. The topological polar surface area (TPSA) is 181 Å². The molecule has 3 aromatic rings. The fraction of sp³-hybridized carbons (Fsp3) is 0.438. The van der Waals surface area contributed by atoms with E-state index in [0.29, 0.717) is 55.1 Å². The van der Waals surface area contributed by atoms with Crippen LogP contribution in [0.4, 0.5) is 0 Å². The number of aromatic nitrogens is 2. The number of nitrogens with one attached hydrogen (secondary N) is 1. The maximum Gasteiger partial charge on any atom is 0.248 e. The maximum atomic E-state index is 13.1. The SMILES string of the molecule is CC(C)c1nnc(C2(C[C@@H](C)NCC(=O)N3CCCC3C#N)c3ccc(C(N)=O)cc3CCc3cc(C(N)=O)ccc32)o1. The van der Waals surface area contributed by atoms with Gasteiger partial charge in [-0.3, -0.25) is 14.4 Å². The van der Waals surface area contributed by atoms with E-state index in [0.717, 1.165) is 28.7 Å². The molecule has 11 nitrogen and oxygen atoms in total. The van der Waals surface area contributed by atoms with Crippen molar-refractivity contribution in [2.45, 2.75) is 76.3 Å². The summed E-state index contributed by atoms with van der Waals surface area (Å²) in [5, 5.41) is 21.8. The number of rotatable bonds is 9. The van der Waals surface area contributed by atoms with Crippen molar-refractivity contribution in [2.24, 2.45) is 11.5 Å². The van der Waals surface area contributed by atoms with Gasteiger partial charge in [0.05, 0.1) is 12.6 Å². The zero-order chi connectivity index (χ0) is 30.9. The number of aryl methyl sites for hydroxylation is 2. The number of benzene rings is 2. The Labute approximate surface area is 250 Å². The number of carbonyl (C=O) groups is 3. The average molecular weight is 584 g/mol. The largest absolute Gasteiger partial charge is 0.424 e. The molecular formula is C32H37N7O4. The molecule has 224 valence electrons. The van der Waals surface area contributed by atoms with E-state index >= 15 is 0 Å². The molecule has 0 spiro atoms. The Morgan fingerprint density at radius 2 is 1.65 bits per heavy atom. The number of primary amides is 2. The third kappa shape index (κ3) is 5.62. The second kappa shape index (κ2) is 12.0. The zero-order valence-corrected chi connectivity index (χ0v) is 24.7. The summed E-state index contributed by atoms with van der Waals surface area (Å²) in [5.41, 5.74) is 14.7. The van der Waals surface area contributed by atoms with Gasteiger partial charge in [-0.2, -0.15) is 5.26 Å². The van der Waals surface area contributed by atoms with Gasteiger partial charge >= 0.3 is 0 Å². The van der Waals surface area contributed by atoms with E-state index in [1.165, 1.54) is 0 Å². The van der Waals surface area contributed by atoms with Crippen molar-refractivity contribution in [1.29, 1.82) is 5.26 Å². The van der Waals surface area contributed by atoms with Crippen molar-refractivity contribution in [2.75, 3.05) is 13.1 Å². The second-order valence-corrected chi connectivity index (χ2v) is 11.8. The standard InChI is InChI=1S/C32H37N7O4/c1-18(2)30-37-38-31(43-30)32(15-19(3)36-17-27(40)39-12-4-5-24(39)16-33)25-10-8-22(28(34)41)13-20(25)6-7-21-14-23(29(35)42)9-11-26(21)32/h8-11,13-14,18-19,24,36H,4-7,12,15,17H2,1-3H3,(H2,34,41)(H2,35,42)/t19-,24?/m1/s1. The maximum absolute atomic E-state index is 13.1. The van der Waals surface area contributed by atoms with Crippen LogP contribution in [0, 0.1) is 11.3 Å². The molecule has 1 fully saturated rings. The fourth-order valence-electron chi connectivity index (χ4n) is 6.43. The van der Waals surface area contributed by atoms with Crippen LogP contribution in [0.25, 0.3) is 0 Å². The van der Waals surface area contributed by atoms with Gasteiger partial charge < -0.3 is 26.1 Å². The van der Waals surface area contributed by atoms with E-state index in [2.05, 4.69) is 21.6 Å². The van der Waals surface area contributed by atoms with Gasteiger partial charge in [0.25, 0.3) is 0 Å². The number of nitrogens with two attached hydrogens (primary N) is 2. The Bertz CT molecular complexity index is 1540. The van der Waals surface area contributed by atoms with Crippen LogP contribution >= 0.6 is 0 Å². The van der Waals surface area contributed by atoms with E-state index in [4.69, 9.17) is 15.9 Å². The molecule has 1 aliphatic carbocycles. The number of amides is 3. The molecule has 5 rings (SSSR count). The van der Waals surface area contributed by atoms with Crippen LogP contribution in [0.2, 0.25) is 0 Å². The predicted molar refractivity (Wildman–Crippen MR) is 158 cm³/mol. The lowest BCUT2D eigenvalue weighted by molar-refractivity contribution is -0.130. The summed E-state index contributed by atoms with van der Waals surface area (Å²) >= 11 is 0. The summed E-state index contributed by atoms with van der Waals surface area (Å²) in [5.74, 6) is -0.336. The predicted octanol–water partition coefficient (Wildman–Crippen LogP) is 2.71. The quantitative estimate of drug-likeness (QED) is 0.344. The minimum absolute atomic E-state index is 0.0146. The number of carbonyl (C=O) groups excluding carboxylic acids is 3. The normalized spacial score (nSPS) is 17.9. The van der Waals surface area contributed by atoms with Gasteiger partial charge in [-0.05, 0) is 85.5 Å². The third-order valence-corrected chi connectivity index (χ3v) is 8.60. The molecule has 2 aliphatic rings. The molecule has 3 amide bonds. The van der Waals surface area contributed by atoms with Crippen molar-refractivity contribution < 1.29 is 18.8 Å². The lowest BCUT2D eigenvalue weighted by atomic mass is 9.68. The lowest BCUT2D eigenvalue weighted by Crippen LogP contribution is -2.45. The molecule has 2 aromatic carbocycles. The van der Waals surface area contributed by atoms with E-state index in [-0.39, 0.29) is 24.4 Å². The van der Waals surface area contributed by atoms with Crippen molar-refractivity contribution in [3.05, 3.63) is 81.6 Å². The Kier molecular flexibility index (Phi) is 8.33. The minimum atomic E-state index is -0.994. The summed E-state index contributed by atoms with van der Waals surface area (Å²) < 4.78 is 6.40. The Hall–Kier alpha value is -4.56. The highest BCUT2D eigenvalue weighted by Gasteiger charge is 2.47. The van der Waals surface area contributed by atoms with E-state index in [1.54, 1.807) is 17.0 Å². The smallest absolute Gasteiger partial charge is 0.248 e. The second-order valence-electron chi connectivity index (χ2n) is 11.8. The summed E-state index contributed by atoms with van der Waals surface area (Å²) in [4.78, 5) is 39.0. The molecule has 43 heavy (non-hydrogen) atoms. The Balaban J connectivity index is 1.64. The van der Waals surface area contributed by atoms with Gasteiger partial charge in [0.15, 0.2) is 0 Å². The molecule has 1 aliphatic heterocycles. The van der Waals surface area contributed by atoms with Crippen LogP contribution in [0.5, 0.6) is 0 Å². The van der Waals surface area contributed by atoms with E-state index in [9.17, 15) is 19.6 Å². The summed E-state index contributed by atoms with van der Waals surface area (Å²) in [7, 11) is 0. The molecule has 1 unspecified atom stereocenters. The lowest BCUT2D eigenvalue weighted by Gasteiger charge is -2.36. The summed E-state index contributed by atoms with van der Waals surface area (Å²) in [6.07, 6.45) is 3.05. The van der Waals surface area contributed by atoms with Gasteiger partial charge in [-0.15, -0.1) is 10.2 Å². The highest BCUT2D eigenvalue weighted by atomic mass is 16.4. The monoisotopic (exact) mass is 583 g/mol.